The largest absolute Gasteiger partial charge is 0.354 e. The molecular weight excluding hydrogens is 244 g/mol. The molecular formula is C13H26N4O2. The third-order valence-electron chi connectivity index (χ3n) is 2.99. The average Bonchev–Trinajstić information content (AvgIpc) is 2.85. The third kappa shape index (κ3) is 4.56. The van der Waals surface area contributed by atoms with E-state index in [1.807, 2.05) is 4.68 Å². The first kappa shape index (κ1) is 16.1. The van der Waals surface area contributed by atoms with Gasteiger partial charge in [-0.1, -0.05) is 6.92 Å². The van der Waals surface area contributed by atoms with Crippen molar-refractivity contribution in [1.29, 1.82) is 0 Å². The second kappa shape index (κ2) is 8.24. The van der Waals surface area contributed by atoms with Gasteiger partial charge in [0.1, 0.15) is 12.2 Å². The Morgan fingerprint density at radius 2 is 2.00 bits per heavy atom. The van der Waals surface area contributed by atoms with Crippen molar-refractivity contribution in [3.05, 3.63) is 12.2 Å². The average molecular weight is 270 g/mol. The molecule has 19 heavy (non-hydrogen) atoms. The fourth-order valence-corrected chi connectivity index (χ4v) is 2.07. The van der Waals surface area contributed by atoms with E-state index in [9.17, 15) is 0 Å². The van der Waals surface area contributed by atoms with Crippen molar-refractivity contribution < 1.29 is 9.47 Å². The van der Waals surface area contributed by atoms with Crippen molar-refractivity contribution in [1.82, 2.24) is 20.1 Å². The number of rotatable bonds is 9. The van der Waals surface area contributed by atoms with Gasteiger partial charge >= 0.3 is 0 Å². The first-order chi connectivity index (χ1) is 9.13. The zero-order valence-electron chi connectivity index (χ0n) is 12.6. The van der Waals surface area contributed by atoms with Gasteiger partial charge in [0, 0.05) is 26.7 Å². The molecule has 1 unspecified atom stereocenters. The Bertz CT molecular complexity index is 350. The SMILES string of the molecule is CCCNC(Cc1ncnn1C(C)C)C(OC)OC. The smallest absolute Gasteiger partial charge is 0.172 e. The summed E-state index contributed by atoms with van der Waals surface area (Å²) >= 11 is 0. The van der Waals surface area contributed by atoms with Crippen LogP contribution in [0, 0.1) is 0 Å². The van der Waals surface area contributed by atoms with Crippen LogP contribution in [0.2, 0.25) is 0 Å². The van der Waals surface area contributed by atoms with Crippen molar-refractivity contribution in [3.8, 4) is 0 Å². The highest BCUT2D eigenvalue weighted by molar-refractivity contribution is 4.92. The lowest BCUT2D eigenvalue weighted by Crippen LogP contribution is -2.44. The fraction of sp³-hybridized carbons (Fsp3) is 0.846. The molecule has 110 valence electrons. The number of hydrogen-bond acceptors (Lipinski definition) is 5. The molecule has 0 aliphatic carbocycles. The zero-order valence-corrected chi connectivity index (χ0v) is 12.6. The molecule has 0 radical (unpaired) electrons. The van der Waals surface area contributed by atoms with E-state index in [4.69, 9.17) is 9.47 Å². The van der Waals surface area contributed by atoms with Gasteiger partial charge in [0.2, 0.25) is 0 Å². The van der Waals surface area contributed by atoms with E-state index in [1.165, 1.54) is 0 Å². The Hall–Kier alpha value is -0.980. The first-order valence-corrected chi connectivity index (χ1v) is 6.81. The number of nitrogens with zero attached hydrogens (tertiary/aromatic N) is 3. The van der Waals surface area contributed by atoms with Gasteiger partial charge in [-0.05, 0) is 26.8 Å². The quantitative estimate of drug-likeness (QED) is 0.687. The Kier molecular flexibility index (Phi) is 6.97. The molecule has 0 aliphatic rings. The lowest BCUT2D eigenvalue weighted by molar-refractivity contribution is -0.123. The van der Waals surface area contributed by atoms with Crippen LogP contribution in [-0.2, 0) is 15.9 Å². The van der Waals surface area contributed by atoms with Crippen LogP contribution in [0.3, 0.4) is 0 Å². The van der Waals surface area contributed by atoms with Gasteiger partial charge in [0.25, 0.3) is 0 Å². The molecule has 6 nitrogen and oxygen atoms in total. The highest BCUT2D eigenvalue weighted by Crippen LogP contribution is 2.11. The van der Waals surface area contributed by atoms with Crippen molar-refractivity contribution in [3.63, 3.8) is 0 Å². The van der Waals surface area contributed by atoms with Gasteiger partial charge in [-0.25, -0.2) is 9.67 Å². The molecule has 0 fully saturated rings. The molecule has 0 saturated carbocycles. The van der Waals surface area contributed by atoms with E-state index in [-0.39, 0.29) is 12.3 Å². The summed E-state index contributed by atoms with van der Waals surface area (Å²) in [6.45, 7) is 7.24. The predicted molar refractivity (Wildman–Crippen MR) is 74.0 cm³/mol. The summed E-state index contributed by atoms with van der Waals surface area (Å²) < 4.78 is 12.7. The highest BCUT2D eigenvalue weighted by atomic mass is 16.7. The van der Waals surface area contributed by atoms with E-state index in [0.717, 1.165) is 25.2 Å². The van der Waals surface area contributed by atoms with Crippen LogP contribution >= 0.6 is 0 Å². The molecule has 1 N–H and O–H groups in total. The molecule has 0 aliphatic heterocycles. The zero-order chi connectivity index (χ0) is 14.3. The van der Waals surface area contributed by atoms with Crippen LogP contribution in [0.1, 0.15) is 39.1 Å². The van der Waals surface area contributed by atoms with Gasteiger partial charge < -0.3 is 14.8 Å². The minimum Gasteiger partial charge on any atom is -0.354 e. The number of nitrogens with one attached hydrogen (secondary N) is 1. The predicted octanol–water partition coefficient (Wildman–Crippen LogP) is 1.39. The van der Waals surface area contributed by atoms with E-state index < -0.39 is 0 Å². The summed E-state index contributed by atoms with van der Waals surface area (Å²) in [4.78, 5) is 4.34. The van der Waals surface area contributed by atoms with E-state index in [1.54, 1.807) is 20.5 Å². The number of aromatic nitrogens is 3. The maximum atomic E-state index is 5.37. The maximum absolute atomic E-state index is 5.37. The van der Waals surface area contributed by atoms with Gasteiger partial charge in [0.15, 0.2) is 6.29 Å². The highest BCUT2D eigenvalue weighted by Gasteiger charge is 2.23. The summed E-state index contributed by atoms with van der Waals surface area (Å²) in [6.07, 6.45) is 3.10. The second-order valence-electron chi connectivity index (χ2n) is 4.82. The summed E-state index contributed by atoms with van der Waals surface area (Å²) in [5, 5.41) is 7.70. The molecule has 0 saturated heterocycles. The van der Waals surface area contributed by atoms with Crippen molar-refractivity contribution in [2.45, 2.75) is 52.0 Å². The van der Waals surface area contributed by atoms with Crippen LogP contribution < -0.4 is 5.32 Å². The molecule has 0 spiro atoms. The maximum Gasteiger partial charge on any atom is 0.172 e. The normalized spacial score (nSPS) is 13.4. The summed E-state index contributed by atoms with van der Waals surface area (Å²) in [6, 6.07) is 0.365. The number of ether oxygens (including phenoxy) is 2. The third-order valence-corrected chi connectivity index (χ3v) is 2.99. The van der Waals surface area contributed by atoms with Gasteiger partial charge in [0.05, 0.1) is 6.04 Å². The topological polar surface area (TPSA) is 61.2 Å². The monoisotopic (exact) mass is 270 g/mol. The standard InChI is InChI=1S/C13H26N4O2/c1-6-7-14-11(13(18-4)19-5)8-12-15-9-16-17(12)10(2)3/h9-11,13-14H,6-8H2,1-5H3. The van der Waals surface area contributed by atoms with Gasteiger partial charge in [-0.15, -0.1) is 0 Å². The van der Waals surface area contributed by atoms with Crippen molar-refractivity contribution >= 4 is 0 Å². The molecule has 0 amide bonds. The lowest BCUT2D eigenvalue weighted by atomic mass is 10.1. The second-order valence-corrected chi connectivity index (χ2v) is 4.82. The first-order valence-electron chi connectivity index (χ1n) is 6.81. The summed E-state index contributed by atoms with van der Waals surface area (Å²) in [5.41, 5.74) is 0. The lowest BCUT2D eigenvalue weighted by Gasteiger charge is -2.26. The summed E-state index contributed by atoms with van der Waals surface area (Å²) in [5.74, 6) is 0.947. The van der Waals surface area contributed by atoms with E-state index >= 15 is 0 Å². The molecule has 1 aromatic rings. The fourth-order valence-electron chi connectivity index (χ4n) is 2.07. The van der Waals surface area contributed by atoms with E-state index in [2.05, 4.69) is 36.2 Å². The Labute approximate surface area is 115 Å². The molecule has 0 aromatic carbocycles. The summed E-state index contributed by atoms with van der Waals surface area (Å²) in [7, 11) is 3.31. The van der Waals surface area contributed by atoms with E-state index in [0.29, 0.717) is 6.04 Å². The van der Waals surface area contributed by atoms with Crippen LogP contribution in [0.4, 0.5) is 0 Å². The number of hydrogen-bond donors (Lipinski definition) is 1. The van der Waals surface area contributed by atoms with Crippen LogP contribution in [0.15, 0.2) is 6.33 Å². The molecule has 0 bridgehead atoms. The Morgan fingerprint density at radius 1 is 1.32 bits per heavy atom. The minimum atomic E-state index is -0.288. The van der Waals surface area contributed by atoms with Crippen molar-refractivity contribution in [2.24, 2.45) is 0 Å². The van der Waals surface area contributed by atoms with Gasteiger partial charge in [-0.2, -0.15) is 5.10 Å². The Balaban J connectivity index is 2.77. The molecule has 1 aromatic heterocycles. The van der Waals surface area contributed by atoms with Crippen LogP contribution in [0.5, 0.6) is 0 Å². The van der Waals surface area contributed by atoms with Crippen LogP contribution in [0.25, 0.3) is 0 Å². The minimum absolute atomic E-state index is 0.0663. The molecule has 6 heteroatoms. The van der Waals surface area contributed by atoms with Crippen molar-refractivity contribution in [2.75, 3.05) is 20.8 Å². The number of methoxy groups -OCH3 is 2. The van der Waals surface area contributed by atoms with Crippen LogP contribution in [-0.4, -0.2) is 47.9 Å². The molecule has 1 heterocycles. The Morgan fingerprint density at radius 3 is 2.53 bits per heavy atom. The van der Waals surface area contributed by atoms with Gasteiger partial charge in [-0.3, -0.25) is 0 Å². The molecule has 1 atom stereocenters. The molecule has 1 rings (SSSR count).